The van der Waals surface area contributed by atoms with Crippen LogP contribution in [-0.4, -0.2) is 5.78 Å². The first-order chi connectivity index (χ1) is 7.70. The lowest BCUT2D eigenvalue weighted by atomic mass is 10.1. The molecule has 0 N–H and O–H groups in total. The normalized spacial score (nSPS) is 10.4. The predicted octanol–water partition coefficient (Wildman–Crippen LogP) is 3.73. The number of ketones is 1. The van der Waals surface area contributed by atoms with Crippen LogP contribution >= 0.6 is 11.6 Å². The molecule has 1 heterocycles. The highest BCUT2D eigenvalue weighted by Crippen LogP contribution is 2.16. The van der Waals surface area contributed by atoms with Gasteiger partial charge in [-0.05, 0) is 36.4 Å². The van der Waals surface area contributed by atoms with Crippen LogP contribution in [-0.2, 0) is 6.42 Å². The van der Waals surface area contributed by atoms with Crippen molar-refractivity contribution in [3.8, 4) is 0 Å². The van der Waals surface area contributed by atoms with Crippen molar-refractivity contribution in [2.45, 2.75) is 13.3 Å². The van der Waals surface area contributed by atoms with E-state index < -0.39 is 0 Å². The molecule has 16 heavy (non-hydrogen) atoms. The first kappa shape index (κ1) is 11.0. The summed E-state index contributed by atoms with van der Waals surface area (Å²) in [7, 11) is 0. The molecule has 0 aliphatic carbocycles. The van der Waals surface area contributed by atoms with Gasteiger partial charge in [0.25, 0.3) is 0 Å². The van der Waals surface area contributed by atoms with E-state index in [9.17, 15) is 4.79 Å². The molecule has 2 nitrogen and oxygen atoms in total. The van der Waals surface area contributed by atoms with Crippen LogP contribution in [0.25, 0.3) is 0 Å². The summed E-state index contributed by atoms with van der Waals surface area (Å²) >= 11 is 5.75. The maximum Gasteiger partial charge on any atom is 0.228 e. The predicted molar refractivity (Wildman–Crippen MR) is 63.0 cm³/mol. The number of halogens is 1. The summed E-state index contributed by atoms with van der Waals surface area (Å²) in [5.41, 5.74) is 0.585. The van der Waals surface area contributed by atoms with Gasteiger partial charge in [-0.1, -0.05) is 18.5 Å². The highest BCUT2D eigenvalue weighted by molar-refractivity contribution is 6.30. The zero-order chi connectivity index (χ0) is 11.5. The lowest BCUT2D eigenvalue weighted by Crippen LogP contribution is -1.98. The Kier molecular flexibility index (Phi) is 3.11. The zero-order valence-corrected chi connectivity index (χ0v) is 9.62. The van der Waals surface area contributed by atoms with Gasteiger partial charge in [0.15, 0.2) is 5.76 Å². The molecule has 2 aromatic rings. The maximum atomic E-state index is 12.0. The molecule has 0 aliphatic rings. The van der Waals surface area contributed by atoms with Crippen molar-refractivity contribution < 1.29 is 9.21 Å². The molecule has 82 valence electrons. The second-order valence-electron chi connectivity index (χ2n) is 3.46. The quantitative estimate of drug-likeness (QED) is 0.758. The first-order valence-electron chi connectivity index (χ1n) is 5.09. The molecule has 0 fully saturated rings. The van der Waals surface area contributed by atoms with Crippen LogP contribution in [0.1, 0.15) is 28.8 Å². The van der Waals surface area contributed by atoms with E-state index in [1.807, 2.05) is 13.0 Å². The van der Waals surface area contributed by atoms with Crippen LogP contribution < -0.4 is 0 Å². The average Bonchev–Trinajstić information content (AvgIpc) is 2.77. The van der Waals surface area contributed by atoms with Gasteiger partial charge in [-0.15, -0.1) is 0 Å². The van der Waals surface area contributed by atoms with Crippen molar-refractivity contribution >= 4 is 17.4 Å². The van der Waals surface area contributed by atoms with Crippen LogP contribution in [0, 0.1) is 0 Å². The fourth-order valence-electron chi connectivity index (χ4n) is 1.43. The molecule has 0 saturated carbocycles. The Labute approximate surface area is 98.8 Å². The van der Waals surface area contributed by atoms with Gasteiger partial charge >= 0.3 is 0 Å². The van der Waals surface area contributed by atoms with Gasteiger partial charge in [0.2, 0.25) is 5.78 Å². The fraction of sp³-hybridized carbons (Fsp3) is 0.154. The molecular weight excluding hydrogens is 224 g/mol. The van der Waals surface area contributed by atoms with Crippen LogP contribution in [0.5, 0.6) is 0 Å². The highest BCUT2D eigenvalue weighted by Gasteiger charge is 2.12. The van der Waals surface area contributed by atoms with E-state index in [1.165, 1.54) is 0 Å². The Morgan fingerprint density at radius 2 is 1.88 bits per heavy atom. The standard InChI is InChI=1S/C13H11ClO2/c1-2-11-7-8-12(16-11)13(15)9-3-5-10(14)6-4-9/h3-8H,2H2,1H3. The van der Waals surface area contributed by atoms with E-state index in [2.05, 4.69) is 0 Å². The van der Waals surface area contributed by atoms with E-state index in [-0.39, 0.29) is 5.78 Å². The van der Waals surface area contributed by atoms with Crippen molar-refractivity contribution in [1.82, 2.24) is 0 Å². The fourth-order valence-corrected chi connectivity index (χ4v) is 1.56. The molecule has 0 unspecified atom stereocenters. The summed E-state index contributed by atoms with van der Waals surface area (Å²) < 4.78 is 5.40. The number of carbonyl (C=O) groups excluding carboxylic acids is 1. The molecule has 0 saturated heterocycles. The van der Waals surface area contributed by atoms with Crippen molar-refractivity contribution in [2.75, 3.05) is 0 Å². The third kappa shape index (κ3) is 2.17. The highest BCUT2D eigenvalue weighted by atomic mass is 35.5. The zero-order valence-electron chi connectivity index (χ0n) is 8.87. The number of hydrogen-bond donors (Lipinski definition) is 0. The minimum Gasteiger partial charge on any atom is -0.458 e. The summed E-state index contributed by atoms with van der Waals surface area (Å²) in [6.45, 7) is 1.98. The number of hydrogen-bond acceptors (Lipinski definition) is 2. The molecule has 1 aromatic carbocycles. The third-order valence-corrected chi connectivity index (χ3v) is 2.59. The molecule has 0 radical (unpaired) electrons. The first-order valence-corrected chi connectivity index (χ1v) is 5.47. The Bertz CT molecular complexity index is 497. The Morgan fingerprint density at radius 3 is 2.44 bits per heavy atom. The monoisotopic (exact) mass is 234 g/mol. The molecule has 0 aliphatic heterocycles. The average molecular weight is 235 g/mol. The smallest absolute Gasteiger partial charge is 0.228 e. The van der Waals surface area contributed by atoms with E-state index in [1.54, 1.807) is 30.3 Å². The van der Waals surface area contributed by atoms with Gasteiger partial charge in [0.05, 0.1) is 0 Å². The Balaban J connectivity index is 2.28. The van der Waals surface area contributed by atoms with Crippen LogP contribution in [0.3, 0.4) is 0 Å². The minimum absolute atomic E-state index is 0.114. The van der Waals surface area contributed by atoms with Crippen molar-refractivity contribution in [1.29, 1.82) is 0 Å². The minimum atomic E-state index is -0.114. The van der Waals surface area contributed by atoms with E-state index in [0.717, 1.165) is 12.2 Å². The summed E-state index contributed by atoms with van der Waals surface area (Å²) in [6, 6.07) is 10.3. The Hall–Kier alpha value is -1.54. The second kappa shape index (κ2) is 4.54. The molecule has 1 aromatic heterocycles. The lowest BCUT2D eigenvalue weighted by Gasteiger charge is -1.97. The van der Waals surface area contributed by atoms with Gasteiger partial charge in [0.1, 0.15) is 5.76 Å². The summed E-state index contributed by atoms with van der Waals surface area (Å²) in [5, 5.41) is 0.616. The van der Waals surface area contributed by atoms with E-state index in [0.29, 0.717) is 16.3 Å². The number of aryl methyl sites for hydroxylation is 1. The number of rotatable bonds is 3. The summed E-state index contributed by atoms with van der Waals surface area (Å²) in [6.07, 6.45) is 0.786. The topological polar surface area (TPSA) is 30.2 Å². The molecule has 2 rings (SSSR count). The third-order valence-electron chi connectivity index (χ3n) is 2.34. The van der Waals surface area contributed by atoms with Crippen molar-refractivity contribution in [2.24, 2.45) is 0 Å². The molecular formula is C13H11ClO2. The maximum absolute atomic E-state index is 12.0. The van der Waals surface area contributed by atoms with Gasteiger partial charge in [-0.3, -0.25) is 4.79 Å². The van der Waals surface area contributed by atoms with Crippen molar-refractivity contribution in [3.63, 3.8) is 0 Å². The van der Waals surface area contributed by atoms with Gasteiger partial charge in [-0.2, -0.15) is 0 Å². The summed E-state index contributed by atoms with van der Waals surface area (Å²) in [5.74, 6) is 1.08. The molecule has 0 spiro atoms. The molecule has 0 bridgehead atoms. The second-order valence-corrected chi connectivity index (χ2v) is 3.89. The van der Waals surface area contributed by atoms with E-state index >= 15 is 0 Å². The lowest BCUT2D eigenvalue weighted by molar-refractivity contribution is 0.101. The largest absolute Gasteiger partial charge is 0.458 e. The van der Waals surface area contributed by atoms with Crippen LogP contribution in [0.2, 0.25) is 5.02 Å². The van der Waals surface area contributed by atoms with Crippen molar-refractivity contribution in [3.05, 3.63) is 58.5 Å². The SMILES string of the molecule is CCc1ccc(C(=O)c2ccc(Cl)cc2)o1. The number of furan rings is 1. The van der Waals surface area contributed by atoms with Gasteiger partial charge in [0, 0.05) is 17.0 Å². The molecule has 0 amide bonds. The van der Waals surface area contributed by atoms with Crippen LogP contribution in [0.4, 0.5) is 0 Å². The van der Waals surface area contributed by atoms with Gasteiger partial charge < -0.3 is 4.42 Å². The van der Waals surface area contributed by atoms with Crippen LogP contribution in [0.15, 0.2) is 40.8 Å². The number of benzene rings is 1. The van der Waals surface area contributed by atoms with E-state index in [4.69, 9.17) is 16.0 Å². The number of carbonyl (C=O) groups is 1. The molecule has 3 heteroatoms. The van der Waals surface area contributed by atoms with Gasteiger partial charge in [-0.25, -0.2) is 0 Å². The summed E-state index contributed by atoms with van der Waals surface area (Å²) in [4.78, 5) is 12.0. The Morgan fingerprint density at radius 1 is 1.19 bits per heavy atom. The molecule has 0 atom stereocenters.